The summed E-state index contributed by atoms with van der Waals surface area (Å²) in [7, 11) is 0. The predicted octanol–water partition coefficient (Wildman–Crippen LogP) is 3.74. The molecule has 0 spiro atoms. The molecule has 1 nitrogen and oxygen atoms in total. The predicted molar refractivity (Wildman–Crippen MR) is 46.6 cm³/mol. The summed E-state index contributed by atoms with van der Waals surface area (Å²) in [6.07, 6.45) is -2.58. The van der Waals surface area contributed by atoms with Crippen LogP contribution in [0.1, 0.15) is 17.7 Å². The van der Waals surface area contributed by atoms with Gasteiger partial charge in [-0.3, -0.25) is 0 Å². The molecule has 0 saturated carbocycles. The van der Waals surface area contributed by atoms with Crippen molar-refractivity contribution in [1.82, 2.24) is 4.98 Å². The van der Waals surface area contributed by atoms with E-state index < -0.39 is 6.43 Å². The molecule has 0 aliphatic rings. The van der Waals surface area contributed by atoms with Crippen molar-refractivity contribution in [2.45, 2.75) is 13.3 Å². The number of hydrogen-bond acceptors (Lipinski definition) is 1. The van der Waals surface area contributed by atoms with Crippen LogP contribution in [0.3, 0.4) is 0 Å². The molecule has 1 rings (SSSR count). The fraction of sp³-hybridized carbons (Fsp3) is 0.286. The van der Waals surface area contributed by atoms with Gasteiger partial charge in [-0.1, -0.05) is 11.6 Å². The van der Waals surface area contributed by atoms with Crippen molar-refractivity contribution in [1.29, 1.82) is 0 Å². The lowest BCUT2D eigenvalue weighted by Crippen LogP contribution is -1.95. The minimum absolute atomic E-state index is 0.269. The molecule has 1 heterocycles. The topological polar surface area (TPSA) is 12.9 Å². The van der Waals surface area contributed by atoms with Crippen molar-refractivity contribution in [3.63, 3.8) is 0 Å². The van der Waals surface area contributed by atoms with Gasteiger partial charge in [0.25, 0.3) is 6.43 Å². The summed E-state index contributed by atoms with van der Waals surface area (Å²) in [6.45, 7) is 1.52. The molecule has 1 aromatic heterocycles. The van der Waals surface area contributed by atoms with E-state index >= 15 is 0 Å². The van der Waals surface area contributed by atoms with E-state index in [-0.39, 0.29) is 5.69 Å². The third-order valence-electron chi connectivity index (χ3n) is 1.42. The second-order valence-corrected chi connectivity index (χ2v) is 3.46. The van der Waals surface area contributed by atoms with E-state index in [4.69, 9.17) is 11.6 Å². The molecule has 0 atom stereocenters. The molecule has 5 heteroatoms. The molecule has 12 heavy (non-hydrogen) atoms. The molecule has 0 saturated heterocycles. The van der Waals surface area contributed by atoms with Gasteiger partial charge in [-0.2, -0.15) is 0 Å². The van der Waals surface area contributed by atoms with Crippen LogP contribution in [0, 0.1) is 6.92 Å². The van der Waals surface area contributed by atoms with E-state index in [1.165, 1.54) is 13.0 Å². The van der Waals surface area contributed by atoms with Crippen LogP contribution in [0.5, 0.6) is 0 Å². The summed E-state index contributed by atoms with van der Waals surface area (Å²) in [5, 5.41) is 0.298. The van der Waals surface area contributed by atoms with Crippen LogP contribution in [0.25, 0.3) is 0 Å². The van der Waals surface area contributed by atoms with Crippen molar-refractivity contribution in [2.24, 2.45) is 0 Å². The first-order valence-electron chi connectivity index (χ1n) is 3.13. The van der Waals surface area contributed by atoms with Gasteiger partial charge in [0.2, 0.25) is 0 Å². The van der Waals surface area contributed by atoms with Crippen molar-refractivity contribution in [3.05, 3.63) is 26.9 Å². The van der Waals surface area contributed by atoms with E-state index in [1.54, 1.807) is 0 Å². The van der Waals surface area contributed by atoms with Gasteiger partial charge in [0.15, 0.2) is 0 Å². The van der Waals surface area contributed by atoms with Gasteiger partial charge in [0.1, 0.15) is 10.3 Å². The van der Waals surface area contributed by atoms with Crippen LogP contribution in [0.4, 0.5) is 8.78 Å². The summed E-state index contributed by atoms with van der Waals surface area (Å²) < 4.78 is 24.8. The highest BCUT2D eigenvalue weighted by atomic mass is 79.9. The molecule has 0 aliphatic carbocycles. The Labute approximate surface area is 81.9 Å². The molecular formula is C7H5BrClF2N. The molecule has 0 aliphatic heterocycles. The normalized spacial score (nSPS) is 10.8. The molecule has 1 aromatic rings. The van der Waals surface area contributed by atoms with Gasteiger partial charge in [-0.25, -0.2) is 13.8 Å². The largest absolute Gasteiger partial charge is 0.280 e. The first kappa shape index (κ1) is 9.86. The summed E-state index contributed by atoms with van der Waals surface area (Å²) in [5.41, 5.74) is 0.0595. The van der Waals surface area contributed by atoms with Gasteiger partial charge < -0.3 is 0 Å². The molecule has 0 aromatic carbocycles. The third kappa shape index (κ3) is 1.93. The Morgan fingerprint density at radius 1 is 1.58 bits per heavy atom. The first-order chi connectivity index (χ1) is 5.52. The van der Waals surface area contributed by atoms with Crippen molar-refractivity contribution < 1.29 is 8.78 Å². The highest BCUT2D eigenvalue weighted by Gasteiger charge is 2.15. The highest BCUT2D eigenvalue weighted by Crippen LogP contribution is 2.28. The van der Waals surface area contributed by atoms with Crippen LogP contribution in [0.2, 0.25) is 5.02 Å². The summed E-state index contributed by atoms with van der Waals surface area (Å²) in [5.74, 6) is 0. The van der Waals surface area contributed by atoms with Crippen molar-refractivity contribution in [2.75, 3.05) is 0 Å². The van der Waals surface area contributed by atoms with Crippen LogP contribution < -0.4 is 0 Å². The molecule has 0 N–H and O–H groups in total. The van der Waals surface area contributed by atoms with E-state index in [2.05, 4.69) is 20.9 Å². The zero-order chi connectivity index (χ0) is 9.30. The van der Waals surface area contributed by atoms with E-state index in [1.807, 2.05) is 0 Å². The SMILES string of the molecule is Cc1c(Cl)cc(Br)nc1C(F)F. The van der Waals surface area contributed by atoms with Crippen molar-refractivity contribution in [3.8, 4) is 0 Å². The van der Waals surface area contributed by atoms with Crippen LogP contribution in [0.15, 0.2) is 10.7 Å². The lowest BCUT2D eigenvalue weighted by Gasteiger charge is -2.05. The Balaban J connectivity index is 3.28. The molecular weight excluding hydrogens is 251 g/mol. The summed E-state index contributed by atoms with van der Waals surface area (Å²) >= 11 is 8.65. The maximum Gasteiger partial charge on any atom is 0.280 e. The smallest absolute Gasteiger partial charge is 0.240 e. The van der Waals surface area contributed by atoms with E-state index in [9.17, 15) is 8.78 Å². The number of alkyl halides is 2. The maximum absolute atomic E-state index is 12.2. The number of halogens is 4. The minimum Gasteiger partial charge on any atom is -0.240 e. The first-order valence-corrected chi connectivity index (χ1v) is 4.30. The Hall–Kier alpha value is -0.220. The van der Waals surface area contributed by atoms with Gasteiger partial charge in [-0.05, 0) is 34.5 Å². The zero-order valence-electron chi connectivity index (χ0n) is 6.11. The second-order valence-electron chi connectivity index (χ2n) is 2.24. The molecule has 0 bridgehead atoms. The monoisotopic (exact) mass is 255 g/mol. The molecule has 66 valence electrons. The number of aromatic nitrogens is 1. The highest BCUT2D eigenvalue weighted by molar-refractivity contribution is 9.10. The average Bonchev–Trinajstić information content (AvgIpc) is 1.96. The quantitative estimate of drug-likeness (QED) is 0.698. The van der Waals surface area contributed by atoms with Crippen LogP contribution in [-0.4, -0.2) is 4.98 Å². The molecule has 0 unspecified atom stereocenters. The van der Waals surface area contributed by atoms with Crippen LogP contribution >= 0.6 is 27.5 Å². The van der Waals surface area contributed by atoms with Crippen molar-refractivity contribution >= 4 is 27.5 Å². The number of pyridine rings is 1. The van der Waals surface area contributed by atoms with Gasteiger partial charge in [0.05, 0.1) is 0 Å². The lowest BCUT2D eigenvalue weighted by molar-refractivity contribution is 0.145. The van der Waals surface area contributed by atoms with Gasteiger partial charge in [0, 0.05) is 5.02 Å². The van der Waals surface area contributed by atoms with Gasteiger partial charge >= 0.3 is 0 Å². The summed E-state index contributed by atoms with van der Waals surface area (Å²) in [4.78, 5) is 3.62. The zero-order valence-corrected chi connectivity index (χ0v) is 8.46. The minimum atomic E-state index is -2.58. The fourth-order valence-electron chi connectivity index (χ4n) is 0.779. The van der Waals surface area contributed by atoms with E-state index in [0.717, 1.165) is 0 Å². The lowest BCUT2D eigenvalue weighted by atomic mass is 10.2. The molecule has 0 radical (unpaired) electrons. The van der Waals surface area contributed by atoms with Crippen LogP contribution in [-0.2, 0) is 0 Å². The maximum atomic E-state index is 12.2. The van der Waals surface area contributed by atoms with E-state index in [0.29, 0.717) is 15.2 Å². The number of nitrogens with zero attached hydrogens (tertiary/aromatic N) is 1. The Bertz CT molecular complexity index is 304. The summed E-state index contributed by atoms with van der Waals surface area (Å²) in [6, 6.07) is 1.49. The Morgan fingerprint density at radius 3 is 2.67 bits per heavy atom. The second kappa shape index (κ2) is 3.66. The average molecular weight is 256 g/mol. The third-order valence-corrected chi connectivity index (χ3v) is 2.22. The van der Waals surface area contributed by atoms with Gasteiger partial charge in [-0.15, -0.1) is 0 Å². The number of rotatable bonds is 1. The fourth-order valence-corrected chi connectivity index (χ4v) is 1.53. The molecule has 0 amide bonds. The standard InChI is InChI=1S/C7H5BrClF2N/c1-3-4(9)2-5(8)12-6(3)7(10)11/h2,7H,1H3. The Morgan fingerprint density at radius 2 is 2.17 bits per heavy atom. The number of hydrogen-bond donors (Lipinski definition) is 0. The molecule has 0 fully saturated rings. The Kier molecular flexibility index (Phi) is 3.01.